The summed E-state index contributed by atoms with van der Waals surface area (Å²) in [7, 11) is -3.42. The van der Waals surface area contributed by atoms with Crippen LogP contribution in [0, 0.1) is 11.8 Å². The van der Waals surface area contributed by atoms with Crippen molar-refractivity contribution in [2.24, 2.45) is 11.8 Å². The van der Waals surface area contributed by atoms with Crippen molar-refractivity contribution >= 4 is 38.2 Å². The van der Waals surface area contributed by atoms with Crippen LogP contribution in [0.2, 0.25) is 0 Å². The molecule has 1 saturated heterocycles. The van der Waals surface area contributed by atoms with E-state index < -0.39 is 9.84 Å². The number of hydrogen-bond donors (Lipinski definition) is 1. The number of likely N-dealkylation sites (tertiary alicyclic amines) is 1. The first-order chi connectivity index (χ1) is 19.4. The maximum atomic E-state index is 13.3. The number of aromatic nitrogens is 2. The Hall–Kier alpha value is -3.73. The molecule has 0 spiro atoms. The minimum Gasteiger partial charge on any atom is -0.324 e. The molecule has 2 aromatic carbocycles. The van der Waals surface area contributed by atoms with Gasteiger partial charge >= 0.3 is 11.7 Å². The van der Waals surface area contributed by atoms with Crippen molar-refractivity contribution in [3.63, 3.8) is 0 Å². The third-order valence-corrected chi connectivity index (χ3v) is 9.05. The number of carbonyl (C=O) groups excluding carboxylic acids is 2. The molecular formula is C30H36N4O6S. The monoisotopic (exact) mass is 580 g/mol. The summed E-state index contributed by atoms with van der Waals surface area (Å²) in [6.45, 7) is 5.14. The Kier molecular flexibility index (Phi) is 7.91. The molecule has 1 aliphatic heterocycles. The summed E-state index contributed by atoms with van der Waals surface area (Å²) >= 11 is 0. The van der Waals surface area contributed by atoms with Gasteiger partial charge in [0.05, 0.1) is 15.8 Å². The van der Waals surface area contributed by atoms with Crippen molar-refractivity contribution in [3.8, 4) is 0 Å². The number of rotatable bonds is 8. The summed E-state index contributed by atoms with van der Waals surface area (Å²) in [4.78, 5) is 54.4. The van der Waals surface area contributed by atoms with Crippen LogP contribution in [0.1, 0.15) is 62.4 Å². The minimum absolute atomic E-state index is 0.0596. The molecule has 1 saturated carbocycles. The molecule has 1 aliphatic carbocycles. The predicted octanol–water partition coefficient (Wildman–Crippen LogP) is 4.07. The van der Waals surface area contributed by atoms with Crippen LogP contribution in [0.3, 0.4) is 0 Å². The topological polar surface area (TPSA) is 128 Å². The number of Topliss-reactive ketones (excluding diaryl/α,β-unsaturated/α-hetero) is 1. The van der Waals surface area contributed by atoms with E-state index in [0.717, 1.165) is 31.9 Å². The third kappa shape index (κ3) is 6.29. The number of ketones is 1. The summed E-state index contributed by atoms with van der Waals surface area (Å²) in [5.41, 5.74) is 0.691. The molecule has 218 valence electrons. The Balaban J connectivity index is 1.31. The van der Waals surface area contributed by atoms with E-state index in [2.05, 4.69) is 5.32 Å². The molecule has 5 rings (SSSR count). The summed E-state index contributed by atoms with van der Waals surface area (Å²) in [5, 5.41) is 3.28. The van der Waals surface area contributed by atoms with Crippen molar-refractivity contribution in [1.29, 1.82) is 0 Å². The summed E-state index contributed by atoms with van der Waals surface area (Å²) in [6, 6.07) is 10.6. The van der Waals surface area contributed by atoms with Crippen molar-refractivity contribution in [3.05, 3.63) is 68.9 Å². The summed E-state index contributed by atoms with van der Waals surface area (Å²) < 4.78 is 26.7. The lowest BCUT2D eigenvalue weighted by molar-refractivity contribution is 0.0930. The maximum Gasteiger partial charge on any atom is 0.331 e. The fourth-order valence-corrected chi connectivity index (χ4v) is 6.24. The number of benzene rings is 2. The first kappa shape index (κ1) is 28.8. The van der Waals surface area contributed by atoms with E-state index in [1.165, 1.54) is 16.7 Å². The van der Waals surface area contributed by atoms with Gasteiger partial charge in [-0.1, -0.05) is 12.1 Å². The van der Waals surface area contributed by atoms with Crippen LogP contribution in [-0.4, -0.2) is 53.6 Å². The van der Waals surface area contributed by atoms with Crippen molar-refractivity contribution in [2.75, 3.05) is 24.7 Å². The summed E-state index contributed by atoms with van der Waals surface area (Å²) in [6.07, 6.45) is 4.86. The van der Waals surface area contributed by atoms with E-state index >= 15 is 0 Å². The van der Waals surface area contributed by atoms with Crippen molar-refractivity contribution < 1.29 is 18.0 Å². The second-order valence-corrected chi connectivity index (χ2v) is 13.7. The smallest absolute Gasteiger partial charge is 0.324 e. The van der Waals surface area contributed by atoms with E-state index in [1.807, 2.05) is 13.8 Å². The van der Waals surface area contributed by atoms with Gasteiger partial charge in [-0.25, -0.2) is 18.0 Å². The number of nitrogens with one attached hydrogen (secondary N) is 1. The van der Waals surface area contributed by atoms with Gasteiger partial charge in [0.2, 0.25) is 0 Å². The number of carbonyl (C=O) groups is 2. The quantitative estimate of drug-likeness (QED) is 0.400. The lowest BCUT2D eigenvalue weighted by atomic mass is 9.91. The zero-order chi connectivity index (χ0) is 29.5. The highest BCUT2D eigenvalue weighted by atomic mass is 32.2. The Labute approximate surface area is 238 Å². The highest BCUT2D eigenvalue weighted by molar-refractivity contribution is 7.90. The second-order valence-electron chi connectivity index (χ2n) is 11.6. The second kappa shape index (κ2) is 11.3. The number of nitrogens with zero attached hydrogens (tertiary/aromatic N) is 3. The zero-order valence-corrected chi connectivity index (χ0v) is 24.4. The molecule has 0 bridgehead atoms. The first-order valence-corrected chi connectivity index (χ1v) is 16.0. The number of hydrogen-bond acceptors (Lipinski definition) is 6. The van der Waals surface area contributed by atoms with Crippen molar-refractivity contribution in [2.45, 2.75) is 63.4 Å². The fraction of sp³-hybridized carbons (Fsp3) is 0.467. The van der Waals surface area contributed by atoms with Gasteiger partial charge in [0.1, 0.15) is 0 Å². The average molecular weight is 581 g/mol. The highest BCUT2D eigenvalue weighted by Gasteiger charge is 2.27. The molecule has 41 heavy (non-hydrogen) atoms. The zero-order valence-electron chi connectivity index (χ0n) is 23.6. The van der Waals surface area contributed by atoms with Gasteiger partial charge in [-0.3, -0.25) is 18.7 Å². The third-order valence-electron chi connectivity index (χ3n) is 7.94. The molecule has 11 heteroatoms. The molecule has 2 amide bonds. The molecule has 1 aromatic heterocycles. The first-order valence-electron chi connectivity index (χ1n) is 14.1. The molecule has 2 fully saturated rings. The maximum absolute atomic E-state index is 13.3. The van der Waals surface area contributed by atoms with Gasteiger partial charge in [0, 0.05) is 49.6 Å². The van der Waals surface area contributed by atoms with Crippen LogP contribution >= 0.6 is 0 Å². The number of urea groups is 1. The van der Waals surface area contributed by atoms with Crippen LogP contribution in [0.25, 0.3) is 10.9 Å². The van der Waals surface area contributed by atoms with E-state index in [0.29, 0.717) is 47.7 Å². The Morgan fingerprint density at radius 3 is 2.46 bits per heavy atom. The van der Waals surface area contributed by atoms with E-state index in [1.54, 1.807) is 39.8 Å². The van der Waals surface area contributed by atoms with Gasteiger partial charge in [-0.15, -0.1) is 0 Å². The Morgan fingerprint density at radius 1 is 1.02 bits per heavy atom. The largest absolute Gasteiger partial charge is 0.331 e. The summed E-state index contributed by atoms with van der Waals surface area (Å²) in [5.74, 6) is 0.135. The van der Waals surface area contributed by atoms with Crippen LogP contribution < -0.4 is 16.6 Å². The van der Waals surface area contributed by atoms with E-state index in [4.69, 9.17) is 0 Å². The average Bonchev–Trinajstić information content (AvgIpc) is 3.75. The van der Waals surface area contributed by atoms with Gasteiger partial charge in [-0.2, -0.15) is 0 Å². The minimum atomic E-state index is -3.42. The molecule has 1 N–H and O–H groups in total. The SMILES string of the molecule is CC(C)n1c(=O)n(CC2CC2)c(=O)c2cc(NC(=O)N3CCCC(CC(=O)c4cccc(S(C)(=O)=O)c4)C3)ccc21. The molecular weight excluding hydrogens is 544 g/mol. The molecule has 2 heterocycles. The number of amides is 2. The molecule has 1 unspecified atom stereocenters. The fourth-order valence-electron chi connectivity index (χ4n) is 5.58. The molecule has 10 nitrogen and oxygen atoms in total. The number of sulfone groups is 1. The molecule has 1 atom stereocenters. The van der Waals surface area contributed by atoms with E-state index in [-0.39, 0.29) is 46.3 Å². The Bertz CT molecular complexity index is 1740. The van der Waals surface area contributed by atoms with Gasteiger partial charge in [0.15, 0.2) is 15.6 Å². The number of fused-ring (bicyclic) bond motifs is 1. The molecule has 0 radical (unpaired) electrons. The van der Waals surface area contributed by atoms with Gasteiger partial charge < -0.3 is 10.2 Å². The molecule has 2 aliphatic rings. The number of anilines is 1. The normalized spacial score (nSPS) is 17.7. The van der Waals surface area contributed by atoms with Crippen LogP contribution in [-0.2, 0) is 16.4 Å². The lowest BCUT2D eigenvalue weighted by Gasteiger charge is -2.32. The molecule has 3 aromatic rings. The van der Waals surface area contributed by atoms with Crippen LogP contribution in [0.4, 0.5) is 10.5 Å². The standard InChI is InChI=1S/C30H36N4O6S/c1-19(2)34-26-12-11-23(16-25(26)28(36)33(30(34)38)18-20-9-10-20)31-29(37)32-13-5-6-21(17-32)14-27(35)22-7-4-8-24(15-22)41(3,39)40/h4,7-8,11-12,15-16,19-21H,5-6,9-10,13-14,17-18H2,1-3H3,(H,31,37). The van der Waals surface area contributed by atoms with Crippen LogP contribution in [0.5, 0.6) is 0 Å². The lowest BCUT2D eigenvalue weighted by Crippen LogP contribution is -2.43. The van der Waals surface area contributed by atoms with Crippen LogP contribution in [0.15, 0.2) is 56.9 Å². The van der Waals surface area contributed by atoms with Crippen molar-refractivity contribution in [1.82, 2.24) is 14.0 Å². The predicted molar refractivity (Wildman–Crippen MR) is 157 cm³/mol. The highest BCUT2D eigenvalue weighted by Crippen LogP contribution is 2.30. The van der Waals surface area contributed by atoms with E-state index in [9.17, 15) is 27.6 Å². The Morgan fingerprint density at radius 2 is 1.78 bits per heavy atom. The number of piperidine rings is 1. The van der Waals surface area contributed by atoms with Gasteiger partial charge in [0.25, 0.3) is 5.56 Å². The van der Waals surface area contributed by atoms with Gasteiger partial charge in [-0.05, 0) is 81.7 Å².